The third kappa shape index (κ3) is 2.94. The lowest BCUT2D eigenvalue weighted by Gasteiger charge is -2.26. The molecule has 1 radical (unpaired) electrons. The molecule has 14 heavy (non-hydrogen) atoms. The lowest BCUT2D eigenvalue weighted by molar-refractivity contribution is -0.184. The van der Waals surface area contributed by atoms with Crippen LogP contribution in [0.5, 0.6) is 0 Å². The summed E-state index contributed by atoms with van der Waals surface area (Å²) in [5.41, 5.74) is -0.471. The van der Waals surface area contributed by atoms with Gasteiger partial charge >= 0.3 is 0 Å². The second-order valence-corrected chi connectivity index (χ2v) is 4.48. The van der Waals surface area contributed by atoms with Gasteiger partial charge in [0.25, 0.3) is 0 Å². The van der Waals surface area contributed by atoms with Crippen molar-refractivity contribution >= 4 is 0 Å². The van der Waals surface area contributed by atoms with Crippen molar-refractivity contribution in [3.05, 3.63) is 6.92 Å². The van der Waals surface area contributed by atoms with E-state index in [9.17, 15) is 5.11 Å². The molecule has 0 spiro atoms. The lowest BCUT2D eigenvalue weighted by atomic mass is 10.1. The molecule has 0 aromatic heterocycles. The van der Waals surface area contributed by atoms with E-state index >= 15 is 0 Å². The first kappa shape index (κ1) is 10.4. The van der Waals surface area contributed by atoms with Crippen LogP contribution in [0.25, 0.3) is 0 Å². The van der Waals surface area contributed by atoms with Gasteiger partial charge in [-0.05, 0) is 39.0 Å². The van der Waals surface area contributed by atoms with Gasteiger partial charge in [-0.3, -0.25) is 0 Å². The van der Waals surface area contributed by atoms with Crippen LogP contribution in [0.1, 0.15) is 38.5 Å². The van der Waals surface area contributed by atoms with Crippen LogP contribution in [-0.4, -0.2) is 29.7 Å². The van der Waals surface area contributed by atoms with Crippen molar-refractivity contribution in [1.29, 1.82) is 0 Å². The molecular formula is C11H19O3. The van der Waals surface area contributed by atoms with Gasteiger partial charge in [0.05, 0.1) is 11.7 Å². The Morgan fingerprint density at radius 2 is 2.29 bits per heavy atom. The van der Waals surface area contributed by atoms with E-state index in [0.29, 0.717) is 6.42 Å². The van der Waals surface area contributed by atoms with Crippen LogP contribution in [0.15, 0.2) is 0 Å². The third-order valence-corrected chi connectivity index (χ3v) is 2.92. The van der Waals surface area contributed by atoms with E-state index in [0.717, 1.165) is 32.3 Å². The number of rotatable bonds is 4. The second kappa shape index (κ2) is 4.17. The van der Waals surface area contributed by atoms with Crippen molar-refractivity contribution in [2.45, 2.75) is 56.5 Å². The summed E-state index contributed by atoms with van der Waals surface area (Å²) < 4.78 is 11.1. The number of aliphatic hydroxyl groups is 1. The molecule has 1 aliphatic carbocycles. The second-order valence-electron chi connectivity index (χ2n) is 4.48. The Morgan fingerprint density at radius 1 is 1.50 bits per heavy atom. The summed E-state index contributed by atoms with van der Waals surface area (Å²) in [6.45, 7) is 4.69. The number of hydrogen-bond donors (Lipinski definition) is 1. The maximum atomic E-state index is 9.67. The van der Waals surface area contributed by atoms with E-state index in [1.807, 2.05) is 0 Å². The highest BCUT2D eigenvalue weighted by Crippen LogP contribution is 2.40. The minimum absolute atomic E-state index is 0.0893. The highest BCUT2D eigenvalue weighted by atomic mass is 16.7. The first-order chi connectivity index (χ1) is 6.68. The van der Waals surface area contributed by atoms with E-state index in [1.165, 1.54) is 6.42 Å². The standard InChI is InChI=1S/C11H19O3/c1-9(8-11(12)5-6-11)14-10-4-2-3-7-13-10/h9-10,12H,1-8H2. The van der Waals surface area contributed by atoms with E-state index < -0.39 is 5.60 Å². The molecule has 2 fully saturated rings. The molecule has 3 heteroatoms. The molecule has 1 saturated heterocycles. The number of ether oxygens (including phenoxy) is 2. The van der Waals surface area contributed by atoms with Gasteiger partial charge < -0.3 is 14.6 Å². The summed E-state index contributed by atoms with van der Waals surface area (Å²) in [5.74, 6) is 0. The monoisotopic (exact) mass is 199 g/mol. The van der Waals surface area contributed by atoms with Gasteiger partial charge in [0.2, 0.25) is 0 Å². The first-order valence-corrected chi connectivity index (χ1v) is 5.50. The van der Waals surface area contributed by atoms with Crippen molar-refractivity contribution in [2.24, 2.45) is 0 Å². The maximum absolute atomic E-state index is 9.67. The fourth-order valence-corrected chi connectivity index (χ4v) is 1.85. The van der Waals surface area contributed by atoms with Gasteiger partial charge in [-0.2, -0.15) is 0 Å². The lowest BCUT2D eigenvalue weighted by Crippen LogP contribution is -2.29. The van der Waals surface area contributed by atoms with Crippen LogP contribution in [0.2, 0.25) is 0 Å². The zero-order valence-electron chi connectivity index (χ0n) is 8.58. The van der Waals surface area contributed by atoms with Crippen LogP contribution in [0.3, 0.4) is 0 Å². The Morgan fingerprint density at radius 3 is 2.86 bits per heavy atom. The van der Waals surface area contributed by atoms with Gasteiger partial charge in [-0.1, -0.05) is 0 Å². The quantitative estimate of drug-likeness (QED) is 0.748. The predicted octanol–water partition coefficient (Wildman–Crippen LogP) is 1.65. The van der Waals surface area contributed by atoms with Gasteiger partial charge in [-0.25, -0.2) is 0 Å². The Balaban J connectivity index is 1.67. The molecular weight excluding hydrogens is 180 g/mol. The predicted molar refractivity (Wildman–Crippen MR) is 52.6 cm³/mol. The van der Waals surface area contributed by atoms with Crippen molar-refractivity contribution in [2.75, 3.05) is 6.61 Å². The highest BCUT2D eigenvalue weighted by Gasteiger charge is 2.41. The van der Waals surface area contributed by atoms with E-state index in [1.54, 1.807) is 0 Å². The Bertz CT molecular complexity index is 183. The van der Waals surface area contributed by atoms with Crippen molar-refractivity contribution in [3.8, 4) is 0 Å². The molecule has 1 saturated carbocycles. The molecule has 0 aromatic carbocycles. The molecule has 1 aliphatic heterocycles. The summed E-state index contributed by atoms with van der Waals surface area (Å²) in [5, 5.41) is 9.67. The van der Waals surface area contributed by atoms with Crippen molar-refractivity contribution < 1.29 is 14.6 Å². The molecule has 0 amide bonds. The molecule has 0 aromatic rings. The summed E-state index contributed by atoms with van der Waals surface area (Å²) in [7, 11) is 0. The van der Waals surface area contributed by atoms with Crippen LogP contribution >= 0.6 is 0 Å². The number of hydrogen-bond acceptors (Lipinski definition) is 3. The SMILES string of the molecule is [CH2]C(CC1(O)CC1)OC1CCCCO1. The van der Waals surface area contributed by atoms with Gasteiger partial charge in [-0.15, -0.1) is 0 Å². The maximum Gasteiger partial charge on any atom is 0.157 e. The van der Waals surface area contributed by atoms with Gasteiger partial charge in [0.1, 0.15) is 0 Å². The largest absolute Gasteiger partial charge is 0.390 e. The minimum atomic E-state index is -0.471. The molecule has 2 atom stereocenters. The van der Waals surface area contributed by atoms with Gasteiger partial charge in [0.15, 0.2) is 6.29 Å². The summed E-state index contributed by atoms with van der Waals surface area (Å²) in [6, 6.07) is 0. The molecule has 1 N–H and O–H groups in total. The van der Waals surface area contributed by atoms with Crippen LogP contribution in [-0.2, 0) is 9.47 Å². The molecule has 3 nitrogen and oxygen atoms in total. The topological polar surface area (TPSA) is 38.7 Å². The van der Waals surface area contributed by atoms with Crippen molar-refractivity contribution in [1.82, 2.24) is 0 Å². The summed E-state index contributed by atoms with van der Waals surface area (Å²) >= 11 is 0. The van der Waals surface area contributed by atoms with E-state index in [-0.39, 0.29) is 12.4 Å². The molecule has 2 aliphatic rings. The average molecular weight is 199 g/mol. The summed E-state index contributed by atoms with van der Waals surface area (Å²) in [6.07, 6.45) is 5.48. The molecule has 1 heterocycles. The van der Waals surface area contributed by atoms with Crippen molar-refractivity contribution in [3.63, 3.8) is 0 Å². The normalized spacial score (nSPS) is 32.6. The van der Waals surface area contributed by atoms with Crippen LogP contribution in [0.4, 0.5) is 0 Å². The minimum Gasteiger partial charge on any atom is -0.390 e. The Kier molecular flexibility index (Phi) is 3.10. The fourth-order valence-electron chi connectivity index (χ4n) is 1.85. The fraction of sp³-hybridized carbons (Fsp3) is 0.909. The first-order valence-electron chi connectivity index (χ1n) is 5.50. The smallest absolute Gasteiger partial charge is 0.157 e. The molecule has 0 bridgehead atoms. The zero-order chi connectivity index (χ0) is 10.0. The van der Waals surface area contributed by atoms with Gasteiger partial charge in [0, 0.05) is 13.0 Å². The molecule has 2 unspecified atom stereocenters. The third-order valence-electron chi connectivity index (χ3n) is 2.92. The Hall–Kier alpha value is -0.120. The van der Waals surface area contributed by atoms with Crippen LogP contribution in [0, 0.1) is 6.92 Å². The Labute approximate surface area is 85.4 Å². The van der Waals surface area contributed by atoms with E-state index in [2.05, 4.69) is 6.92 Å². The average Bonchev–Trinajstić information content (AvgIpc) is 2.84. The van der Waals surface area contributed by atoms with Crippen LogP contribution < -0.4 is 0 Å². The van der Waals surface area contributed by atoms with E-state index in [4.69, 9.17) is 9.47 Å². The zero-order valence-corrected chi connectivity index (χ0v) is 8.58. The molecule has 81 valence electrons. The molecule has 2 rings (SSSR count). The summed E-state index contributed by atoms with van der Waals surface area (Å²) in [4.78, 5) is 0. The highest BCUT2D eigenvalue weighted by molar-refractivity contribution is 4.95.